The highest BCUT2D eigenvalue weighted by molar-refractivity contribution is 7.99. The summed E-state index contributed by atoms with van der Waals surface area (Å²) in [6.07, 6.45) is -2.65. The lowest BCUT2D eigenvalue weighted by atomic mass is 10.1. The van der Waals surface area contributed by atoms with Crippen LogP contribution < -0.4 is 5.73 Å². The highest BCUT2D eigenvalue weighted by atomic mass is 32.2. The fraction of sp³-hybridized carbons (Fsp3) is 0.778. The molecule has 0 bridgehead atoms. The molecule has 0 saturated heterocycles. The zero-order valence-electron chi connectivity index (χ0n) is 9.15. The number of Topliss-reactive ketones (excluding diaryl/α,β-unsaturated/α-hetero) is 1. The van der Waals surface area contributed by atoms with Gasteiger partial charge in [0.05, 0.1) is 6.10 Å². The molecule has 0 aliphatic carbocycles. The van der Waals surface area contributed by atoms with Crippen molar-refractivity contribution in [2.75, 3.05) is 18.1 Å². The molecular formula is C9H17NO6S. The van der Waals surface area contributed by atoms with E-state index in [9.17, 15) is 19.8 Å². The van der Waals surface area contributed by atoms with Gasteiger partial charge in [-0.25, -0.2) is 0 Å². The van der Waals surface area contributed by atoms with Crippen LogP contribution in [0.4, 0.5) is 0 Å². The Morgan fingerprint density at radius 2 is 1.88 bits per heavy atom. The summed E-state index contributed by atoms with van der Waals surface area (Å²) >= 11 is 1.18. The van der Waals surface area contributed by atoms with Crippen molar-refractivity contribution in [3.05, 3.63) is 0 Å². The normalized spacial score (nSPS) is 16.2. The van der Waals surface area contributed by atoms with Crippen molar-refractivity contribution in [2.24, 2.45) is 5.73 Å². The van der Waals surface area contributed by atoms with Gasteiger partial charge in [-0.1, -0.05) is 0 Å². The summed E-state index contributed by atoms with van der Waals surface area (Å²) in [5, 5.41) is 35.5. The third kappa shape index (κ3) is 6.59. The van der Waals surface area contributed by atoms with Gasteiger partial charge in [0.25, 0.3) is 0 Å². The molecular weight excluding hydrogens is 250 g/mol. The van der Waals surface area contributed by atoms with E-state index >= 15 is 0 Å². The summed E-state index contributed by atoms with van der Waals surface area (Å²) in [4.78, 5) is 21.2. The van der Waals surface area contributed by atoms with Gasteiger partial charge in [0.15, 0.2) is 5.78 Å². The summed E-state index contributed by atoms with van der Waals surface area (Å²) in [6.45, 7) is -0.827. The first-order chi connectivity index (χ1) is 7.90. The number of ketones is 1. The minimum absolute atomic E-state index is 0.0687. The molecule has 100 valence electrons. The van der Waals surface area contributed by atoms with E-state index in [-0.39, 0.29) is 12.2 Å². The number of aliphatic hydroxyl groups excluding tert-OH is 3. The monoisotopic (exact) mass is 267 g/mol. The first kappa shape index (κ1) is 16.3. The van der Waals surface area contributed by atoms with E-state index in [1.807, 2.05) is 0 Å². The smallest absolute Gasteiger partial charge is 0.320 e. The van der Waals surface area contributed by atoms with Gasteiger partial charge in [-0.2, -0.15) is 11.8 Å². The van der Waals surface area contributed by atoms with Gasteiger partial charge in [-0.15, -0.1) is 0 Å². The Morgan fingerprint density at radius 3 is 2.35 bits per heavy atom. The molecule has 0 saturated carbocycles. The molecule has 0 aromatic rings. The van der Waals surface area contributed by atoms with Gasteiger partial charge in [-0.05, 0) is 12.2 Å². The number of rotatable bonds is 9. The lowest BCUT2D eigenvalue weighted by molar-refractivity contribution is -0.138. The Balaban J connectivity index is 3.75. The maximum Gasteiger partial charge on any atom is 0.320 e. The third-order valence-electron chi connectivity index (χ3n) is 2.03. The van der Waals surface area contributed by atoms with Gasteiger partial charge >= 0.3 is 5.97 Å². The summed E-state index contributed by atoms with van der Waals surface area (Å²) in [5.41, 5.74) is 5.25. The number of thioether (sulfide) groups is 1. The number of carbonyl (C=O) groups is 2. The number of carboxylic acids is 1. The molecule has 0 rings (SSSR count). The van der Waals surface area contributed by atoms with Crippen LogP contribution in [-0.4, -0.2) is 68.5 Å². The van der Waals surface area contributed by atoms with E-state index in [0.717, 1.165) is 0 Å². The zero-order valence-corrected chi connectivity index (χ0v) is 9.97. The molecule has 0 unspecified atom stereocenters. The SMILES string of the molecule is N[C@@H](CCSC[C@@H](O)[C@@H](O)C(=O)CO)C(=O)O. The second kappa shape index (κ2) is 8.43. The minimum atomic E-state index is -1.61. The van der Waals surface area contributed by atoms with Gasteiger partial charge in [0, 0.05) is 5.75 Å². The van der Waals surface area contributed by atoms with E-state index in [4.69, 9.17) is 15.9 Å². The second-order valence-corrected chi connectivity index (χ2v) is 4.59. The van der Waals surface area contributed by atoms with Crippen LogP contribution in [-0.2, 0) is 9.59 Å². The Kier molecular flexibility index (Phi) is 8.09. The maximum atomic E-state index is 10.8. The zero-order chi connectivity index (χ0) is 13.4. The Morgan fingerprint density at radius 1 is 1.29 bits per heavy atom. The summed E-state index contributed by atoms with van der Waals surface area (Å²) in [6, 6.07) is -0.955. The van der Waals surface area contributed by atoms with E-state index in [2.05, 4.69) is 0 Å². The molecule has 7 nitrogen and oxygen atoms in total. The topological polar surface area (TPSA) is 141 Å². The number of aliphatic hydroxyl groups is 3. The molecule has 0 aromatic heterocycles. The van der Waals surface area contributed by atoms with Crippen LogP contribution in [0, 0.1) is 0 Å². The molecule has 0 spiro atoms. The Bertz CT molecular complexity index is 262. The molecule has 0 aromatic carbocycles. The number of hydrogen-bond donors (Lipinski definition) is 5. The van der Waals surface area contributed by atoms with Gasteiger partial charge < -0.3 is 26.2 Å². The molecule has 0 amide bonds. The van der Waals surface area contributed by atoms with Crippen LogP contribution in [0.15, 0.2) is 0 Å². The van der Waals surface area contributed by atoms with Crippen LogP contribution in [0.25, 0.3) is 0 Å². The fourth-order valence-corrected chi connectivity index (χ4v) is 1.95. The first-order valence-corrected chi connectivity index (χ1v) is 6.11. The predicted octanol–water partition coefficient (Wildman–Crippen LogP) is -2.20. The van der Waals surface area contributed by atoms with Crippen molar-refractivity contribution >= 4 is 23.5 Å². The number of carboxylic acid groups (broad SMARTS) is 1. The maximum absolute atomic E-state index is 10.8. The Hall–Kier alpha value is -0.670. The lowest BCUT2D eigenvalue weighted by Crippen LogP contribution is -2.37. The molecule has 6 N–H and O–H groups in total. The molecule has 0 aliphatic heterocycles. The summed E-state index contributed by atoms with van der Waals surface area (Å²) in [7, 11) is 0. The molecule has 8 heteroatoms. The van der Waals surface area contributed by atoms with Gasteiger partial charge in [0.1, 0.15) is 18.8 Å². The predicted molar refractivity (Wildman–Crippen MR) is 61.7 cm³/mol. The number of nitrogens with two attached hydrogens (primary N) is 1. The van der Waals surface area contributed by atoms with Crippen molar-refractivity contribution in [3.63, 3.8) is 0 Å². The molecule has 17 heavy (non-hydrogen) atoms. The summed E-state index contributed by atoms with van der Waals surface area (Å²) < 4.78 is 0. The standard InChI is InChI=1S/C9H17NO6S/c10-5(9(15)16)1-2-17-4-7(13)8(14)6(12)3-11/h5,7-8,11,13-14H,1-4,10H2,(H,15,16)/t5-,7+,8-/m0/s1. The molecule has 0 heterocycles. The number of aliphatic carboxylic acids is 1. The molecule has 0 aliphatic rings. The van der Waals surface area contributed by atoms with Crippen LogP contribution in [0.3, 0.4) is 0 Å². The Labute approximate surface area is 103 Å². The van der Waals surface area contributed by atoms with E-state index in [1.165, 1.54) is 11.8 Å². The van der Waals surface area contributed by atoms with Crippen molar-refractivity contribution in [1.29, 1.82) is 0 Å². The minimum Gasteiger partial charge on any atom is -0.480 e. The average Bonchev–Trinajstić information content (AvgIpc) is 2.31. The average molecular weight is 267 g/mol. The fourth-order valence-electron chi connectivity index (χ4n) is 0.937. The summed E-state index contributed by atoms with van der Waals surface area (Å²) in [5.74, 6) is -1.48. The largest absolute Gasteiger partial charge is 0.480 e. The van der Waals surface area contributed by atoms with Crippen LogP contribution >= 0.6 is 11.8 Å². The highest BCUT2D eigenvalue weighted by Crippen LogP contribution is 2.09. The lowest BCUT2D eigenvalue weighted by Gasteiger charge is -2.15. The van der Waals surface area contributed by atoms with Gasteiger partial charge in [0.2, 0.25) is 0 Å². The van der Waals surface area contributed by atoms with Gasteiger partial charge in [-0.3, -0.25) is 9.59 Å². The van der Waals surface area contributed by atoms with Crippen LogP contribution in [0.5, 0.6) is 0 Å². The van der Waals surface area contributed by atoms with Crippen molar-refractivity contribution in [3.8, 4) is 0 Å². The first-order valence-electron chi connectivity index (χ1n) is 4.96. The molecule has 0 fully saturated rings. The van der Waals surface area contributed by atoms with Crippen molar-refractivity contribution in [1.82, 2.24) is 0 Å². The van der Waals surface area contributed by atoms with E-state index < -0.39 is 36.6 Å². The van der Waals surface area contributed by atoms with E-state index in [0.29, 0.717) is 5.75 Å². The number of carbonyl (C=O) groups excluding carboxylic acids is 1. The third-order valence-corrected chi connectivity index (χ3v) is 3.13. The van der Waals surface area contributed by atoms with Crippen LogP contribution in [0.2, 0.25) is 0 Å². The van der Waals surface area contributed by atoms with Crippen LogP contribution in [0.1, 0.15) is 6.42 Å². The van der Waals surface area contributed by atoms with Crippen molar-refractivity contribution < 1.29 is 30.0 Å². The molecule has 0 radical (unpaired) electrons. The van der Waals surface area contributed by atoms with E-state index in [1.54, 1.807) is 0 Å². The van der Waals surface area contributed by atoms with Crippen molar-refractivity contribution in [2.45, 2.75) is 24.7 Å². The quantitative estimate of drug-likeness (QED) is 0.296. The highest BCUT2D eigenvalue weighted by Gasteiger charge is 2.23. The molecule has 3 atom stereocenters. The second-order valence-electron chi connectivity index (χ2n) is 3.44. The number of hydrogen-bond acceptors (Lipinski definition) is 7.